The maximum Gasteiger partial charge on any atom is 0.235 e. The minimum atomic E-state index is 0.101. The van der Waals surface area contributed by atoms with E-state index in [9.17, 15) is 0 Å². The molecule has 16 heavy (non-hydrogen) atoms. The van der Waals surface area contributed by atoms with E-state index < -0.39 is 0 Å². The molecule has 88 valence electrons. The van der Waals surface area contributed by atoms with Crippen molar-refractivity contribution in [3.8, 4) is 5.88 Å². The predicted molar refractivity (Wildman–Crippen MR) is 62.4 cm³/mol. The third-order valence-corrected chi connectivity index (χ3v) is 3.05. The minimum absolute atomic E-state index is 0.101. The van der Waals surface area contributed by atoms with E-state index in [-0.39, 0.29) is 12.1 Å². The van der Waals surface area contributed by atoms with Gasteiger partial charge in [0.1, 0.15) is 6.10 Å². The molecule has 1 heterocycles. The van der Waals surface area contributed by atoms with Gasteiger partial charge in [-0.05, 0) is 33.1 Å². The van der Waals surface area contributed by atoms with Crippen LogP contribution in [0, 0.1) is 13.8 Å². The molecule has 0 spiro atoms. The Morgan fingerprint density at radius 1 is 1.31 bits per heavy atom. The minimum Gasteiger partial charge on any atom is -0.471 e. The van der Waals surface area contributed by atoms with Crippen molar-refractivity contribution in [2.75, 3.05) is 0 Å². The molecule has 0 saturated heterocycles. The number of nitrogens with zero attached hydrogens (tertiary/aromatic N) is 2. The first kappa shape index (κ1) is 11.3. The molecule has 1 saturated carbocycles. The molecule has 0 aromatic carbocycles. The Bertz CT molecular complexity index is 367. The Balaban J connectivity index is 2.10. The van der Waals surface area contributed by atoms with Crippen molar-refractivity contribution in [1.29, 1.82) is 0 Å². The third-order valence-electron chi connectivity index (χ3n) is 3.05. The number of ether oxygens (including phenoxy) is 1. The van der Waals surface area contributed by atoms with Crippen LogP contribution in [0.1, 0.15) is 37.1 Å². The highest BCUT2D eigenvalue weighted by molar-refractivity contribution is 5.18. The Kier molecular flexibility index (Phi) is 3.39. The molecule has 0 amide bonds. The average Bonchev–Trinajstić information content (AvgIpc) is 2.27. The molecular weight excluding hydrogens is 202 g/mol. The summed E-state index contributed by atoms with van der Waals surface area (Å²) in [5.74, 6) is 0.641. The van der Waals surface area contributed by atoms with E-state index in [1.165, 1.54) is 12.8 Å². The number of hydrogen-bond donors (Lipinski definition) is 1. The monoisotopic (exact) mass is 221 g/mol. The van der Waals surface area contributed by atoms with Gasteiger partial charge >= 0.3 is 0 Å². The maximum atomic E-state index is 6.04. The van der Waals surface area contributed by atoms with Crippen LogP contribution in [0.5, 0.6) is 5.88 Å². The van der Waals surface area contributed by atoms with Crippen molar-refractivity contribution in [2.24, 2.45) is 5.73 Å². The molecule has 2 atom stereocenters. The Morgan fingerprint density at radius 2 is 2.06 bits per heavy atom. The number of hydrogen-bond acceptors (Lipinski definition) is 4. The summed E-state index contributed by atoms with van der Waals surface area (Å²) in [6, 6.07) is 0.135. The van der Waals surface area contributed by atoms with E-state index in [0.29, 0.717) is 5.88 Å². The van der Waals surface area contributed by atoms with Crippen LogP contribution in [0.25, 0.3) is 0 Å². The summed E-state index contributed by atoms with van der Waals surface area (Å²) in [5.41, 5.74) is 7.76. The number of rotatable bonds is 2. The van der Waals surface area contributed by atoms with Gasteiger partial charge in [0.15, 0.2) is 0 Å². The normalized spacial score (nSPS) is 25.4. The summed E-state index contributed by atoms with van der Waals surface area (Å²) in [5, 5.41) is 0. The molecule has 4 heteroatoms. The van der Waals surface area contributed by atoms with E-state index in [2.05, 4.69) is 9.97 Å². The Hall–Kier alpha value is -1.16. The second-order valence-corrected chi connectivity index (χ2v) is 4.51. The molecule has 1 aliphatic carbocycles. The van der Waals surface area contributed by atoms with Gasteiger partial charge < -0.3 is 10.5 Å². The van der Waals surface area contributed by atoms with Crippen molar-refractivity contribution in [1.82, 2.24) is 9.97 Å². The molecule has 1 aromatic heterocycles. The summed E-state index contributed by atoms with van der Waals surface area (Å²) in [7, 11) is 0. The second-order valence-electron chi connectivity index (χ2n) is 4.51. The quantitative estimate of drug-likeness (QED) is 0.826. The maximum absolute atomic E-state index is 6.04. The first-order valence-corrected chi connectivity index (χ1v) is 5.89. The highest BCUT2D eigenvalue weighted by atomic mass is 16.5. The van der Waals surface area contributed by atoms with Gasteiger partial charge in [-0.25, -0.2) is 4.98 Å². The largest absolute Gasteiger partial charge is 0.471 e. The Labute approximate surface area is 96.2 Å². The van der Waals surface area contributed by atoms with Crippen LogP contribution < -0.4 is 10.5 Å². The van der Waals surface area contributed by atoms with Gasteiger partial charge in [-0.15, -0.1) is 0 Å². The molecule has 1 aliphatic rings. The number of aryl methyl sites for hydroxylation is 2. The van der Waals surface area contributed by atoms with E-state index >= 15 is 0 Å². The topological polar surface area (TPSA) is 61.0 Å². The zero-order valence-electron chi connectivity index (χ0n) is 9.94. The molecule has 1 aromatic rings. The summed E-state index contributed by atoms with van der Waals surface area (Å²) in [6.45, 7) is 3.83. The smallest absolute Gasteiger partial charge is 0.235 e. The van der Waals surface area contributed by atoms with Crippen molar-refractivity contribution in [2.45, 2.75) is 51.7 Å². The lowest BCUT2D eigenvalue weighted by atomic mass is 9.93. The van der Waals surface area contributed by atoms with Crippen LogP contribution in [-0.4, -0.2) is 22.1 Å². The van der Waals surface area contributed by atoms with E-state index in [1.807, 2.05) is 13.8 Å². The highest BCUT2D eigenvalue weighted by Crippen LogP contribution is 2.23. The summed E-state index contributed by atoms with van der Waals surface area (Å²) in [4.78, 5) is 8.60. The predicted octanol–water partition coefficient (Wildman–Crippen LogP) is 1.74. The Morgan fingerprint density at radius 3 is 2.81 bits per heavy atom. The van der Waals surface area contributed by atoms with Crippen LogP contribution in [0.4, 0.5) is 0 Å². The van der Waals surface area contributed by atoms with E-state index in [0.717, 1.165) is 24.2 Å². The molecule has 0 aliphatic heterocycles. The van der Waals surface area contributed by atoms with Crippen LogP contribution in [-0.2, 0) is 0 Å². The number of aromatic nitrogens is 2. The zero-order valence-corrected chi connectivity index (χ0v) is 9.94. The van der Waals surface area contributed by atoms with Gasteiger partial charge in [-0.3, -0.25) is 4.98 Å². The van der Waals surface area contributed by atoms with Crippen molar-refractivity contribution < 1.29 is 4.74 Å². The second kappa shape index (κ2) is 4.78. The van der Waals surface area contributed by atoms with E-state index in [4.69, 9.17) is 10.5 Å². The molecule has 1 fully saturated rings. The highest BCUT2D eigenvalue weighted by Gasteiger charge is 2.24. The lowest BCUT2D eigenvalue weighted by molar-refractivity contribution is 0.125. The van der Waals surface area contributed by atoms with Crippen molar-refractivity contribution in [3.05, 3.63) is 17.6 Å². The molecular formula is C12H19N3O. The van der Waals surface area contributed by atoms with Crippen LogP contribution in [0.2, 0.25) is 0 Å². The van der Waals surface area contributed by atoms with Gasteiger partial charge in [-0.2, -0.15) is 0 Å². The van der Waals surface area contributed by atoms with Gasteiger partial charge in [-0.1, -0.05) is 6.42 Å². The number of nitrogens with two attached hydrogens (primary N) is 1. The fourth-order valence-corrected chi connectivity index (χ4v) is 2.04. The lowest BCUT2D eigenvalue weighted by Gasteiger charge is -2.28. The SMILES string of the molecule is Cc1cnc(C)c(OC2CCCCC2N)n1. The molecule has 0 radical (unpaired) electrons. The van der Waals surface area contributed by atoms with Gasteiger partial charge in [0, 0.05) is 12.2 Å². The van der Waals surface area contributed by atoms with Gasteiger partial charge in [0.2, 0.25) is 5.88 Å². The zero-order chi connectivity index (χ0) is 11.5. The first-order chi connectivity index (χ1) is 7.66. The standard InChI is InChI=1S/C12H19N3O/c1-8-7-14-9(2)12(15-8)16-11-6-4-3-5-10(11)13/h7,10-11H,3-6,13H2,1-2H3. The van der Waals surface area contributed by atoms with Gasteiger partial charge in [0.25, 0.3) is 0 Å². The molecule has 2 unspecified atom stereocenters. The van der Waals surface area contributed by atoms with Crippen molar-refractivity contribution in [3.63, 3.8) is 0 Å². The average molecular weight is 221 g/mol. The molecule has 2 rings (SSSR count). The lowest BCUT2D eigenvalue weighted by Crippen LogP contribution is -2.41. The van der Waals surface area contributed by atoms with Crippen LogP contribution >= 0.6 is 0 Å². The molecule has 0 bridgehead atoms. The summed E-state index contributed by atoms with van der Waals surface area (Å²) >= 11 is 0. The van der Waals surface area contributed by atoms with Gasteiger partial charge in [0.05, 0.1) is 11.4 Å². The fraction of sp³-hybridized carbons (Fsp3) is 0.667. The summed E-state index contributed by atoms with van der Waals surface area (Å²) in [6.07, 6.45) is 6.32. The van der Waals surface area contributed by atoms with Crippen molar-refractivity contribution >= 4 is 0 Å². The fourth-order valence-electron chi connectivity index (χ4n) is 2.04. The first-order valence-electron chi connectivity index (χ1n) is 5.89. The van der Waals surface area contributed by atoms with E-state index in [1.54, 1.807) is 6.20 Å². The van der Waals surface area contributed by atoms with Crippen LogP contribution in [0.3, 0.4) is 0 Å². The molecule has 4 nitrogen and oxygen atoms in total. The third kappa shape index (κ3) is 2.50. The van der Waals surface area contributed by atoms with Crippen LogP contribution in [0.15, 0.2) is 6.20 Å². The summed E-state index contributed by atoms with van der Waals surface area (Å²) < 4.78 is 5.88. The molecule has 2 N–H and O–H groups in total.